The molecule has 4 rings (SSSR count). The molecule has 2 aromatic rings. The Morgan fingerprint density at radius 1 is 1.00 bits per heavy atom. The van der Waals surface area contributed by atoms with Gasteiger partial charge in [0.15, 0.2) is 0 Å². The fraction of sp³-hybridized carbons (Fsp3) is 0.240. The quantitative estimate of drug-likeness (QED) is 0.567. The summed E-state index contributed by atoms with van der Waals surface area (Å²) in [5, 5.41) is 0. The molecule has 2 aliphatic rings. The van der Waals surface area contributed by atoms with Crippen molar-refractivity contribution in [3.63, 3.8) is 0 Å². The zero-order valence-corrected chi connectivity index (χ0v) is 16.2. The maximum atomic E-state index is 6.05. The molecule has 2 aromatic carbocycles. The summed E-state index contributed by atoms with van der Waals surface area (Å²) in [7, 11) is 0. The molecule has 136 valence electrons. The van der Waals surface area contributed by atoms with Gasteiger partial charge < -0.3 is 4.74 Å². The van der Waals surface area contributed by atoms with Crippen LogP contribution < -0.4 is 4.74 Å². The van der Waals surface area contributed by atoms with Gasteiger partial charge in [-0.15, -0.1) is 0 Å². The van der Waals surface area contributed by atoms with Crippen LogP contribution in [0.5, 0.6) is 11.5 Å². The Morgan fingerprint density at radius 2 is 1.78 bits per heavy atom. The van der Waals surface area contributed by atoms with Crippen molar-refractivity contribution < 1.29 is 4.74 Å². The van der Waals surface area contributed by atoms with Crippen LogP contribution in [0.4, 0.5) is 0 Å². The van der Waals surface area contributed by atoms with E-state index in [1.165, 1.54) is 33.6 Å². The number of hydrogen-bond donors (Lipinski definition) is 0. The third-order valence-electron chi connectivity index (χ3n) is 5.28. The highest BCUT2D eigenvalue weighted by atomic mass is 16.5. The van der Waals surface area contributed by atoms with Crippen LogP contribution in [0.15, 0.2) is 93.7 Å². The van der Waals surface area contributed by atoms with Crippen LogP contribution in [0.2, 0.25) is 0 Å². The van der Waals surface area contributed by atoms with E-state index in [2.05, 4.69) is 51.3 Å². The number of nitrogens with zero attached hydrogens (tertiary/aromatic N) is 1. The fourth-order valence-electron chi connectivity index (χ4n) is 4.07. The first-order valence-corrected chi connectivity index (χ1v) is 9.64. The Hall–Kier alpha value is -2.87. The van der Waals surface area contributed by atoms with Crippen molar-refractivity contribution in [3.05, 3.63) is 94.2 Å². The van der Waals surface area contributed by atoms with Gasteiger partial charge in [0.1, 0.15) is 11.5 Å². The number of para-hydroxylation sites is 1. The molecule has 2 nitrogen and oxygen atoms in total. The third-order valence-corrected chi connectivity index (χ3v) is 5.28. The predicted octanol–water partition coefficient (Wildman–Crippen LogP) is 6.98. The van der Waals surface area contributed by atoms with Gasteiger partial charge in [0.25, 0.3) is 0 Å². The molecular formula is C25H25NO. The third kappa shape index (κ3) is 3.52. The number of allylic oxidation sites excluding steroid dienone is 5. The highest BCUT2D eigenvalue weighted by Crippen LogP contribution is 2.41. The smallest absolute Gasteiger partial charge is 0.127 e. The molecule has 2 heteroatoms. The van der Waals surface area contributed by atoms with E-state index in [1.54, 1.807) is 0 Å². The highest BCUT2D eigenvalue weighted by Gasteiger charge is 2.26. The molecule has 0 aromatic heterocycles. The van der Waals surface area contributed by atoms with Crippen LogP contribution in [0.1, 0.15) is 45.1 Å². The van der Waals surface area contributed by atoms with Gasteiger partial charge in [0.2, 0.25) is 0 Å². The first-order chi connectivity index (χ1) is 13.2. The maximum Gasteiger partial charge on any atom is 0.127 e. The minimum absolute atomic E-state index is 0.333. The van der Waals surface area contributed by atoms with Gasteiger partial charge >= 0.3 is 0 Å². The van der Waals surface area contributed by atoms with E-state index in [0.29, 0.717) is 5.92 Å². The van der Waals surface area contributed by atoms with E-state index >= 15 is 0 Å². The van der Waals surface area contributed by atoms with Gasteiger partial charge in [-0.2, -0.15) is 0 Å². The lowest BCUT2D eigenvalue weighted by Gasteiger charge is -2.21. The molecule has 1 aliphatic carbocycles. The molecule has 1 aliphatic heterocycles. The zero-order chi connectivity index (χ0) is 18.8. The number of benzene rings is 2. The second-order valence-electron chi connectivity index (χ2n) is 7.34. The van der Waals surface area contributed by atoms with Crippen LogP contribution in [-0.2, 0) is 0 Å². The fourth-order valence-corrected chi connectivity index (χ4v) is 4.07. The molecule has 0 radical (unpaired) electrons. The van der Waals surface area contributed by atoms with Gasteiger partial charge in [-0.3, -0.25) is 4.99 Å². The van der Waals surface area contributed by atoms with Crippen molar-refractivity contribution in [1.29, 1.82) is 0 Å². The molecule has 27 heavy (non-hydrogen) atoms. The van der Waals surface area contributed by atoms with Gasteiger partial charge in [-0.1, -0.05) is 48.9 Å². The van der Waals surface area contributed by atoms with Crippen molar-refractivity contribution >= 4 is 6.21 Å². The lowest BCUT2D eigenvalue weighted by atomic mass is 9.83. The summed E-state index contributed by atoms with van der Waals surface area (Å²) in [6, 6.07) is 18.4. The average Bonchev–Trinajstić information content (AvgIpc) is 3.08. The molecule has 1 heterocycles. The Kier molecular flexibility index (Phi) is 4.81. The van der Waals surface area contributed by atoms with Gasteiger partial charge in [-0.05, 0) is 73.2 Å². The summed E-state index contributed by atoms with van der Waals surface area (Å²) >= 11 is 0. The summed E-state index contributed by atoms with van der Waals surface area (Å²) in [6.45, 7) is 6.61. The topological polar surface area (TPSA) is 21.6 Å². The summed E-state index contributed by atoms with van der Waals surface area (Å²) in [5.41, 5.74) is 7.89. The van der Waals surface area contributed by atoms with Crippen LogP contribution in [0.3, 0.4) is 0 Å². The SMILES string of the molecule is CCC(C1=C2CC(C)=CC(C)=C2N=C1)c1cccc(Oc2ccccc2)c1. The number of aliphatic imine (C=N–C) groups is 1. The molecule has 0 bridgehead atoms. The van der Waals surface area contributed by atoms with E-state index in [1.807, 2.05) is 36.4 Å². The van der Waals surface area contributed by atoms with Crippen molar-refractivity contribution in [1.82, 2.24) is 0 Å². The second kappa shape index (κ2) is 7.40. The van der Waals surface area contributed by atoms with E-state index < -0.39 is 0 Å². The van der Waals surface area contributed by atoms with Crippen molar-refractivity contribution in [2.24, 2.45) is 4.99 Å². The molecule has 0 N–H and O–H groups in total. The first-order valence-electron chi connectivity index (χ1n) is 9.64. The minimum Gasteiger partial charge on any atom is -0.457 e. The standard InChI is InChI=1S/C25H25NO/c1-4-22(24-16-26-25-18(3)13-17(2)14-23(24)25)19-9-8-12-21(15-19)27-20-10-6-5-7-11-20/h5-13,15-16,22H,4,14H2,1-3H3. The number of rotatable bonds is 5. The van der Waals surface area contributed by atoms with Gasteiger partial charge in [-0.25, -0.2) is 0 Å². The zero-order valence-electron chi connectivity index (χ0n) is 16.2. The van der Waals surface area contributed by atoms with E-state index in [9.17, 15) is 0 Å². The summed E-state index contributed by atoms with van der Waals surface area (Å²) in [6.07, 6.45) is 6.38. The molecule has 0 saturated heterocycles. The molecule has 1 unspecified atom stereocenters. The normalized spacial score (nSPS) is 17.1. The molecule has 1 atom stereocenters. The van der Waals surface area contributed by atoms with Crippen molar-refractivity contribution in [2.75, 3.05) is 0 Å². The Labute approximate surface area is 161 Å². The van der Waals surface area contributed by atoms with E-state index in [-0.39, 0.29) is 0 Å². The number of hydrogen-bond acceptors (Lipinski definition) is 2. The van der Waals surface area contributed by atoms with Gasteiger partial charge in [0.05, 0.1) is 5.70 Å². The highest BCUT2D eigenvalue weighted by molar-refractivity contribution is 5.89. The largest absolute Gasteiger partial charge is 0.457 e. The molecular weight excluding hydrogens is 330 g/mol. The first kappa shape index (κ1) is 17.5. The van der Waals surface area contributed by atoms with E-state index in [0.717, 1.165) is 24.3 Å². The maximum absolute atomic E-state index is 6.05. The predicted molar refractivity (Wildman–Crippen MR) is 113 cm³/mol. The van der Waals surface area contributed by atoms with Crippen molar-refractivity contribution in [3.8, 4) is 11.5 Å². The summed E-state index contributed by atoms with van der Waals surface area (Å²) in [5.74, 6) is 2.07. The Morgan fingerprint density at radius 3 is 2.56 bits per heavy atom. The number of fused-ring (bicyclic) bond motifs is 1. The lowest BCUT2D eigenvalue weighted by molar-refractivity contribution is 0.481. The molecule has 0 saturated carbocycles. The average molecular weight is 355 g/mol. The van der Waals surface area contributed by atoms with Crippen LogP contribution >= 0.6 is 0 Å². The molecule has 0 amide bonds. The summed E-state index contributed by atoms with van der Waals surface area (Å²) in [4.78, 5) is 4.74. The summed E-state index contributed by atoms with van der Waals surface area (Å²) < 4.78 is 6.05. The van der Waals surface area contributed by atoms with Crippen LogP contribution in [0.25, 0.3) is 0 Å². The monoisotopic (exact) mass is 355 g/mol. The van der Waals surface area contributed by atoms with Crippen LogP contribution in [-0.4, -0.2) is 6.21 Å². The lowest BCUT2D eigenvalue weighted by Crippen LogP contribution is -2.06. The Bertz CT molecular complexity index is 976. The van der Waals surface area contributed by atoms with Gasteiger partial charge in [0, 0.05) is 12.1 Å². The second-order valence-corrected chi connectivity index (χ2v) is 7.34. The van der Waals surface area contributed by atoms with Crippen molar-refractivity contribution in [2.45, 2.75) is 39.5 Å². The van der Waals surface area contributed by atoms with Crippen LogP contribution in [0, 0.1) is 0 Å². The molecule has 0 spiro atoms. The molecule has 0 fully saturated rings. The number of ether oxygens (including phenoxy) is 1. The minimum atomic E-state index is 0.333. The Balaban J connectivity index is 1.67. The van der Waals surface area contributed by atoms with E-state index in [4.69, 9.17) is 9.73 Å².